The number of methoxy groups -OCH3 is 1. The minimum Gasteiger partial charge on any atom is -0.497 e. The summed E-state index contributed by atoms with van der Waals surface area (Å²) in [4.78, 5) is 28.2. The highest BCUT2D eigenvalue weighted by atomic mass is 16.5. The molecule has 1 aromatic heterocycles. The van der Waals surface area contributed by atoms with Gasteiger partial charge in [0.25, 0.3) is 0 Å². The number of hydrogen-bond donors (Lipinski definition) is 1. The molecule has 1 atom stereocenters. The summed E-state index contributed by atoms with van der Waals surface area (Å²) in [6.45, 7) is 4.27. The van der Waals surface area contributed by atoms with Gasteiger partial charge in [-0.3, -0.25) is 14.5 Å². The number of nitrogens with zero attached hydrogens (tertiary/aromatic N) is 2. The van der Waals surface area contributed by atoms with E-state index in [1.165, 1.54) is 0 Å². The maximum absolute atomic E-state index is 13.3. The average Bonchev–Trinajstić information content (AvgIpc) is 3.09. The summed E-state index contributed by atoms with van der Waals surface area (Å²) in [5.41, 5.74) is 2.05. The van der Waals surface area contributed by atoms with Gasteiger partial charge in [-0.05, 0) is 57.4 Å². The molecule has 1 saturated carbocycles. The fourth-order valence-corrected chi connectivity index (χ4v) is 4.97. The predicted octanol–water partition coefficient (Wildman–Crippen LogP) is 3.32. The first-order valence-corrected chi connectivity index (χ1v) is 10.6. The van der Waals surface area contributed by atoms with Crippen molar-refractivity contribution < 1.29 is 18.8 Å². The van der Waals surface area contributed by atoms with E-state index in [0.717, 1.165) is 60.6 Å². The monoisotopic (exact) mass is 411 g/mol. The molecule has 1 aliphatic carbocycles. The molecular weight excluding hydrogens is 382 g/mol. The molecule has 2 amide bonds. The summed E-state index contributed by atoms with van der Waals surface area (Å²) >= 11 is 0. The van der Waals surface area contributed by atoms with Crippen molar-refractivity contribution in [2.24, 2.45) is 5.41 Å². The van der Waals surface area contributed by atoms with Crippen LogP contribution in [0.3, 0.4) is 0 Å². The number of carbonyl (C=O) groups is 2. The Morgan fingerprint density at radius 1 is 1.23 bits per heavy atom. The van der Waals surface area contributed by atoms with Crippen LogP contribution in [-0.4, -0.2) is 36.7 Å². The van der Waals surface area contributed by atoms with Crippen molar-refractivity contribution in [3.05, 3.63) is 41.3 Å². The smallest absolute Gasteiger partial charge is 0.244 e. The van der Waals surface area contributed by atoms with E-state index >= 15 is 0 Å². The van der Waals surface area contributed by atoms with Crippen LogP contribution in [0.25, 0.3) is 0 Å². The number of aryl methyl sites for hydroxylation is 2. The maximum Gasteiger partial charge on any atom is 0.244 e. The molecule has 7 nitrogen and oxygen atoms in total. The highest BCUT2D eigenvalue weighted by molar-refractivity contribution is 6.14. The summed E-state index contributed by atoms with van der Waals surface area (Å²) in [7, 11) is 1.61. The Hall–Kier alpha value is -2.83. The number of nitrogens with one attached hydrogen (secondary N) is 1. The average molecular weight is 412 g/mol. The molecule has 1 N–H and O–H groups in total. The van der Waals surface area contributed by atoms with Crippen molar-refractivity contribution in [1.82, 2.24) is 10.5 Å². The molecule has 1 saturated heterocycles. The molecule has 1 aliphatic heterocycles. The predicted molar refractivity (Wildman–Crippen MR) is 112 cm³/mol. The molecule has 2 heterocycles. The van der Waals surface area contributed by atoms with E-state index < -0.39 is 11.5 Å². The number of carbonyl (C=O) groups excluding carboxylic acids is 2. The Kier molecular flexibility index (Phi) is 5.54. The van der Waals surface area contributed by atoms with Crippen LogP contribution in [0.1, 0.15) is 49.1 Å². The summed E-state index contributed by atoms with van der Waals surface area (Å²) < 4.78 is 10.4. The second-order valence-corrected chi connectivity index (χ2v) is 8.34. The first-order valence-electron chi connectivity index (χ1n) is 10.6. The Balaban J connectivity index is 1.52. The minimum absolute atomic E-state index is 0.0678. The molecule has 0 bridgehead atoms. The highest BCUT2D eigenvalue weighted by Crippen LogP contribution is 2.51. The Labute approximate surface area is 176 Å². The molecule has 4 rings (SSSR count). The van der Waals surface area contributed by atoms with Crippen LogP contribution in [0.4, 0.5) is 5.69 Å². The number of hydrogen-bond acceptors (Lipinski definition) is 5. The molecule has 1 unspecified atom stereocenters. The van der Waals surface area contributed by atoms with Crippen LogP contribution in [0.5, 0.6) is 5.75 Å². The van der Waals surface area contributed by atoms with Gasteiger partial charge in [-0.1, -0.05) is 24.4 Å². The molecular formula is C23H29N3O4. The fraction of sp³-hybridized carbons (Fsp3) is 0.522. The molecule has 2 fully saturated rings. The van der Waals surface area contributed by atoms with Crippen molar-refractivity contribution in [1.29, 1.82) is 0 Å². The standard InChI is InChI=1S/C23H29N3O4/c1-15-19(16(2)30-25-15)11-14-24-21(27)20-23(12-5-4-6-13-23)22(28)26(20)17-7-9-18(29-3)10-8-17/h7-10,20H,4-6,11-14H2,1-3H3,(H,24,27). The van der Waals surface area contributed by atoms with E-state index in [-0.39, 0.29) is 11.8 Å². The van der Waals surface area contributed by atoms with Crippen LogP contribution in [0, 0.1) is 19.3 Å². The van der Waals surface area contributed by atoms with Gasteiger partial charge in [-0.15, -0.1) is 0 Å². The second kappa shape index (κ2) is 8.13. The van der Waals surface area contributed by atoms with Gasteiger partial charge in [0.15, 0.2) is 0 Å². The van der Waals surface area contributed by atoms with Crippen LogP contribution >= 0.6 is 0 Å². The van der Waals surface area contributed by atoms with Gasteiger partial charge in [0.05, 0.1) is 18.2 Å². The van der Waals surface area contributed by atoms with Gasteiger partial charge in [-0.25, -0.2) is 0 Å². The minimum atomic E-state index is -0.564. The normalized spacial score (nSPS) is 20.2. The molecule has 0 radical (unpaired) electrons. The lowest BCUT2D eigenvalue weighted by Crippen LogP contribution is -2.74. The third-order valence-corrected chi connectivity index (χ3v) is 6.63. The van der Waals surface area contributed by atoms with Crippen molar-refractivity contribution in [3.8, 4) is 5.75 Å². The van der Waals surface area contributed by atoms with E-state index in [1.807, 2.05) is 38.1 Å². The first-order chi connectivity index (χ1) is 14.5. The van der Waals surface area contributed by atoms with Gasteiger partial charge in [0.2, 0.25) is 11.8 Å². The van der Waals surface area contributed by atoms with Gasteiger partial charge in [0, 0.05) is 17.8 Å². The largest absolute Gasteiger partial charge is 0.497 e. The van der Waals surface area contributed by atoms with Crippen LogP contribution in [0.2, 0.25) is 0 Å². The van der Waals surface area contributed by atoms with Crippen LogP contribution in [0.15, 0.2) is 28.8 Å². The zero-order chi connectivity index (χ0) is 21.3. The lowest BCUT2D eigenvalue weighted by Gasteiger charge is -2.56. The summed E-state index contributed by atoms with van der Waals surface area (Å²) in [6.07, 6.45) is 5.32. The van der Waals surface area contributed by atoms with Gasteiger partial charge in [0.1, 0.15) is 17.6 Å². The molecule has 30 heavy (non-hydrogen) atoms. The van der Waals surface area contributed by atoms with Gasteiger partial charge >= 0.3 is 0 Å². The molecule has 7 heteroatoms. The third kappa shape index (κ3) is 3.36. The van der Waals surface area contributed by atoms with E-state index in [9.17, 15) is 9.59 Å². The van der Waals surface area contributed by atoms with Gasteiger partial charge in [-0.2, -0.15) is 0 Å². The SMILES string of the molecule is COc1ccc(N2C(=O)C3(CCCCC3)C2C(=O)NCCc2c(C)noc2C)cc1. The summed E-state index contributed by atoms with van der Waals surface area (Å²) in [6, 6.07) is 6.86. The summed E-state index contributed by atoms with van der Waals surface area (Å²) in [5, 5.41) is 7.03. The third-order valence-electron chi connectivity index (χ3n) is 6.63. The van der Waals surface area contributed by atoms with E-state index in [4.69, 9.17) is 9.26 Å². The number of β-lactam (4-membered cyclic amide) rings is 1. The lowest BCUT2D eigenvalue weighted by molar-refractivity contribution is -0.150. The maximum atomic E-state index is 13.3. The molecule has 2 aromatic rings. The number of aromatic nitrogens is 1. The van der Waals surface area contributed by atoms with E-state index in [0.29, 0.717) is 13.0 Å². The van der Waals surface area contributed by atoms with Crippen LogP contribution in [-0.2, 0) is 16.0 Å². The number of ether oxygens (including phenoxy) is 1. The number of anilines is 1. The number of rotatable bonds is 6. The van der Waals surface area contributed by atoms with Crippen molar-refractivity contribution >= 4 is 17.5 Å². The quantitative estimate of drug-likeness (QED) is 0.737. The van der Waals surface area contributed by atoms with E-state index in [2.05, 4.69) is 10.5 Å². The molecule has 1 aromatic carbocycles. The Morgan fingerprint density at radius 2 is 1.93 bits per heavy atom. The van der Waals surface area contributed by atoms with Crippen molar-refractivity contribution in [3.63, 3.8) is 0 Å². The second-order valence-electron chi connectivity index (χ2n) is 8.34. The summed E-state index contributed by atoms with van der Waals surface area (Å²) in [5.74, 6) is 1.49. The lowest BCUT2D eigenvalue weighted by atomic mass is 9.61. The zero-order valence-corrected chi connectivity index (χ0v) is 17.9. The number of benzene rings is 1. The topological polar surface area (TPSA) is 84.7 Å². The van der Waals surface area contributed by atoms with Crippen LogP contribution < -0.4 is 15.0 Å². The van der Waals surface area contributed by atoms with Crippen molar-refractivity contribution in [2.75, 3.05) is 18.6 Å². The molecule has 1 spiro atoms. The zero-order valence-electron chi connectivity index (χ0n) is 17.9. The molecule has 2 aliphatic rings. The van der Waals surface area contributed by atoms with Crippen molar-refractivity contribution in [2.45, 2.75) is 58.4 Å². The van der Waals surface area contributed by atoms with Gasteiger partial charge < -0.3 is 14.6 Å². The fourth-order valence-electron chi connectivity index (χ4n) is 4.97. The molecule has 160 valence electrons. The highest BCUT2D eigenvalue weighted by Gasteiger charge is 2.63. The first kappa shape index (κ1) is 20.4. The number of amides is 2. The Morgan fingerprint density at radius 3 is 2.53 bits per heavy atom. The van der Waals surface area contributed by atoms with E-state index in [1.54, 1.807) is 12.0 Å². The Bertz CT molecular complexity index is 909.